The molecule has 1 heteroatoms. The Balaban J connectivity index is 1.15. The maximum atomic E-state index is 6.21. The summed E-state index contributed by atoms with van der Waals surface area (Å²) in [5.41, 5.74) is 11.6. The van der Waals surface area contributed by atoms with Gasteiger partial charge in [0.05, 0.1) is 0 Å². The van der Waals surface area contributed by atoms with Crippen LogP contribution in [-0.2, 0) is 0 Å². The Morgan fingerprint density at radius 3 is 1.39 bits per heavy atom. The molecule has 1 nitrogen and oxygen atoms in total. The molecule has 228 valence electrons. The summed E-state index contributed by atoms with van der Waals surface area (Å²) in [5.74, 6) is 0. The second-order valence-corrected chi connectivity index (χ2v) is 12.8. The van der Waals surface area contributed by atoms with Gasteiger partial charge in [-0.05, 0) is 95.0 Å². The van der Waals surface area contributed by atoms with Crippen LogP contribution < -0.4 is 0 Å². The molecule has 0 amide bonds. The predicted molar refractivity (Wildman–Crippen MR) is 208 cm³/mol. The number of benzene rings is 9. The molecule has 49 heavy (non-hydrogen) atoms. The van der Waals surface area contributed by atoms with Gasteiger partial charge in [-0.2, -0.15) is 0 Å². The third kappa shape index (κ3) is 4.40. The summed E-state index contributed by atoms with van der Waals surface area (Å²) in [6.07, 6.45) is 0. The first kappa shape index (κ1) is 27.7. The highest BCUT2D eigenvalue weighted by atomic mass is 16.3. The van der Waals surface area contributed by atoms with Gasteiger partial charge in [0.2, 0.25) is 0 Å². The van der Waals surface area contributed by atoms with Gasteiger partial charge in [0.25, 0.3) is 0 Å². The molecule has 1 heterocycles. The largest absolute Gasteiger partial charge is 0.456 e. The van der Waals surface area contributed by atoms with Crippen LogP contribution in [0.4, 0.5) is 0 Å². The SMILES string of the molecule is c1ccc(-c2ccc(-c3c4ccccc4c(-c4ccc(-c5ccc6c(c5)oc5ccccc56)cc4)c4ccccc34)c3ccccc23)cc1. The van der Waals surface area contributed by atoms with Gasteiger partial charge in [-0.1, -0.05) is 164 Å². The van der Waals surface area contributed by atoms with Crippen LogP contribution in [0.2, 0.25) is 0 Å². The lowest BCUT2D eigenvalue weighted by Gasteiger charge is -2.20. The van der Waals surface area contributed by atoms with Gasteiger partial charge in [-0.15, -0.1) is 0 Å². The topological polar surface area (TPSA) is 13.1 Å². The summed E-state index contributed by atoms with van der Waals surface area (Å²) in [4.78, 5) is 0. The van der Waals surface area contributed by atoms with Crippen LogP contribution in [-0.4, -0.2) is 0 Å². The molecule has 0 atom stereocenters. The highest BCUT2D eigenvalue weighted by molar-refractivity contribution is 6.24. The summed E-state index contributed by atoms with van der Waals surface area (Å²) >= 11 is 0. The van der Waals surface area contributed by atoms with Gasteiger partial charge in [-0.25, -0.2) is 0 Å². The number of hydrogen-bond acceptors (Lipinski definition) is 1. The molecule has 10 rings (SSSR count). The van der Waals surface area contributed by atoms with Crippen molar-refractivity contribution in [1.82, 2.24) is 0 Å². The minimum absolute atomic E-state index is 0.916. The molecule has 0 spiro atoms. The van der Waals surface area contributed by atoms with Crippen LogP contribution in [0.3, 0.4) is 0 Å². The molecule has 10 aromatic rings. The average Bonchev–Trinajstić information content (AvgIpc) is 3.55. The van der Waals surface area contributed by atoms with Crippen LogP contribution in [0.15, 0.2) is 186 Å². The second kappa shape index (κ2) is 11.1. The standard InChI is InChI=1S/C48H30O/c1-2-12-32(13-3-1)35-28-29-44(37-15-5-4-14-36(35)37)48-42-19-8-6-17-40(42)47(41-18-7-9-20-43(41)48)33-24-22-31(23-25-33)34-26-27-39-38-16-10-11-21-45(38)49-46(39)30-34/h1-30H. The monoisotopic (exact) mass is 622 g/mol. The van der Waals surface area contributed by atoms with Crippen molar-refractivity contribution in [3.05, 3.63) is 182 Å². The van der Waals surface area contributed by atoms with E-state index in [-0.39, 0.29) is 0 Å². The van der Waals surface area contributed by atoms with E-state index in [1.165, 1.54) is 71.3 Å². The van der Waals surface area contributed by atoms with E-state index in [9.17, 15) is 0 Å². The number of para-hydroxylation sites is 1. The first-order valence-corrected chi connectivity index (χ1v) is 16.8. The van der Waals surface area contributed by atoms with Gasteiger partial charge in [0.1, 0.15) is 11.2 Å². The number of furan rings is 1. The van der Waals surface area contributed by atoms with Crippen LogP contribution >= 0.6 is 0 Å². The zero-order valence-electron chi connectivity index (χ0n) is 26.7. The third-order valence-corrected chi connectivity index (χ3v) is 10.1. The molecule has 0 aliphatic heterocycles. The maximum Gasteiger partial charge on any atom is 0.136 e. The lowest BCUT2D eigenvalue weighted by molar-refractivity contribution is 0.669. The maximum absolute atomic E-state index is 6.21. The van der Waals surface area contributed by atoms with Crippen molar-refractivity contribution in [1.29, 1.82) is 0 Å². The quantitative estimate of drug-likeness (QED) is 0.178. The van der Waals surface area contributed by atoms with Crippen molar-refractivity contribution >= 4 is 54.3 Å². The molecule has 0 aliphatic carbocycles. The number of hydrogen-bond donors (Lipinski definition) is 0. The second-order valence-electron chi connectivity index (χ2n) is 12.8. The predicted octanol–water partition coefficient (Wildman–Crippen LogP) is 13.7. The molecule has 0 aliphatic rings. The summed E-state index contributed by atoms with van der Waals surface area (Å²) in [6, 6.07) is 65.8. The highest BCUT2D eigenvalue weighted by Gasteiger charge is 2.19. The van der Waals surface area contributed by atoms with Crippen molar-refractivity contribution in [2.45, 2.75) is 0 Å². The highest BCUT2D eigenvalue weighted by Crippen LogP contribution is 2.46. The molecule has 0 radical (unpaired) electrons. The van der Waals surface area contributed by atoms with E-state index in [1.807, 2.05) is 12.1 Å². The summed E-state index contributed by atoms with van der Waals surface area (Å²) in [7, 11) is 0. The Morgan fingerprint density at radius 1 is 0.245 bits per heavy atom. The Kier molecular flexibility index (Phi) is 6.25. The van der Waals surface area contributed by atoms with E-state index in [0.717, 1.165) is 27.5 Å². The zero-order chi connectivity index (χ0) is 32.3. The van der Waals surface area contributed by atoms with Crippen LogP contribution in [0.5, 0.6) is 0 Å². The lowest BCUT2D eigenvalue weighted by atomic mass is 9.83. The average molecular weight is 623 g/mol. The van der Waals surface area contributed by atoms with Gasteiger partial charge in [0.15, 0.2) is 0 Å². The fraction of sp³-hybridized carbons (Fsp3) is 0. The summed E-state index contributed by atoms with van der Waals surface area (Å²) in [6.45, 7) is 0. The van der Waals surface area contributed by atoms with E-state index in [4.69, 9.17) is 4.42 Å². The Hall–Kier alpha value is -6.44. The van der Waals surface area contributed by atoms with Crippen LogP contribution in [0.25, 0.3) is 98.8 Å². The van der Waals surface area contributed by atoms with Crippen molar-refractivity contribution in [2.75, 3.05) is 0 Å². The molecule has 0 bridgehead atoms. The molecule has 1 aromatic heterocycles. The summed E-state index contributed by atoms with van der Waals surface area (Å²) < 4.78 is 6.21. The van der Waals surface area contributed by atoms with E-state index in [1.54, 1.807) is 0 Å². The molecule has 9 aromatic carbocycles. The van der Waals surface area contributed by atoms with Crippen LogP contribution in [0.1, 0.15) is 0 Å². The van der Waals surface area contributed by atoms with Crippen molar-refractivity contribution in [3.63, 3.8) is 0 Å². The Bertz CT molecular complexity index is 2800. The Morgan fingerprint density at radius 2 is 0.714 bits per heavy atom. The minimum Gasteiger partial charge on any atom is -0.456 e. The molecule has 0 fully saturated rings. The van der Waals surface area contributed by atoms with Gasteiger partial charge < -0.3 is 4.42 Å². The molecule has 0 saturated carbocycles. The van der Waals surface area contributed by atoms with Crippen molar-refractivity contribution in [2.24, 2.45) is 0 Å². The third-order valence-electron chi connectivity index (χ3n) is 10.1. The molecular formula is C48H30O. The van der Waals surface area contributed by atoms with E-state index in [2.05, 4.69) is 170 Å². The Labute approximate surface area is 284 Å². The molecule has 0 saturated heterocycles. The van der Waals surface area contributed by atoms with Crippen molar-refractivity contribution < 1.29 is 4.42 Å². The number of rotatable bonds is 4. The molecular weight excluding hydrogens is 593 g/mol. The van der Waals surface area contributed by atoms with E-state index < -0.39 is 0 Å². The molecule has 0 N–H and O–H groups in total. The summed E-state index contributed by atoms with van der Waals surface area (Å²) in [5, 5.41) is 9.85. The minimum atomic E-state index is 0.916. The smallest absolute Gasteiger partial charge is 0.136 e. The first-order valence-electron chi connectivity index (χ1n) is 16.8. The fourth-order valence-corrected chi connectivity index (χ4v) is 7.85. The van der Waals surface area contributed by atoms with Gasteiger partial charge in [-0.3, -0.25) is 0 Å². The fourth-order valence-electron chi connectivity index (χ4n) is 7.85. The van der Waals surface area contributed by atoms with Crippen molar-refractivity contribution in [3.8, 4) is 44.5 Å². The molecule has 0 unspecified atom stereocenters. The van der Waals surface area contributed by atoms with Crippen LogP contribution in [0, 0.1) is 0 Å². The first-order chi connectivity index (χ1) is 24.3. The lowest BCUT2D eigenvalue weighted by Crippen LogP contribution is -1.92. The van der Waals surface area contributed by atoms with E-state index in [0.29, 0.717) is 0 Å². The van der Waals surface area contributed by atoms with Gasteiger partial charge in [0, 0.05) is 10.8 Å². The van der Waals surface area contributed by atoms with E-state index >= 15 is 0 Å². The van der Waals surface area contributed by atoms with Gasteiger partial charge >= 0.3 is 0 Å². The normalized spacial score (nSPS) is 11.7. The zero-order valence-corrected chi connectivity index (χ0v) is 26.7. The number of fused-ring (bicyclic) bond motifs is 6.